The summed E-state index contributed by atoms with van der Waals surface area (Å²) in [5.74, 6) is 0.142. The molecule has 0 saturated heterocycles. The van der Waals surface area contributed by atoms with E-state index in [4.69, 9.17) is 9.47 Å². The van der Waals surface area contributed by atoms with Crippen molar-refractivity contribution in [1.29, 1.82) is 0 Å². The van der Waals surface area contributed by atoms with Crippen molar-refractivity contribution in [3.8, 4) is 5.75 Å². The van der Waals surface area contributed by atoms with Gasteiger partial charge >= 0.3 is 5.97 Å². The number of thiazole rings is 1. The minimum Gasteiger partial charge on any atom is -0.492 e. The largest absolute Gasteiger partial charge is 0.492 e. The SMILES string of the molecule is O=C(OCc1cc(=O)n2ccsc2n1)[C@H]1COc2ccccc2C1. The Morgan fingerprint density at radius 1 is 1.42 bits per heavy atom. The molecule has 0 bridgehead atoms. The highest BCUT2D eigenvalue weighted by molar-refractivity contribution is 7.15. The van der Waals surface area contributed by atoms with Crippen LogP contribution in [0.25, 0.3) is 4.96 Å². The molecule has 0 N–H and O–H groups in total. The monoisotopic (exact) mass is 342 g/mol. The molecule has 7 heteroatoms. The fourth-order valence-corrected chi connectivity index (χ4v) is 3.44. The number of fused-ring (bicyclic) bond motifs is 2. The summed E-state index contributed by atoms with van der Waals surface area (Å²) in [5.41, 5.74) is 1.28. The summed E-state index contributed by atoms with van der Waals surface area (Å²) in [4.78, 5) is 29.1. The Hall–Kier alpha value is -2.67. The van der Waals surface area contributed by atoms with Crippen LogP contribution in [0.2, 0.25) is 0 Å². The van der Waals surface area contributed by atoms with Gasteiger partial charge in [0.25, 0.3) is 5.56 Å². The predicted octanol–water partition coefficient (Wildman–Crippen LogP) is 2.05. The van der Waals surface area contributed by atoms with E-state index in [0.29, 0.717) is 23.7 Å². The van der Waals surface area contributed by atoms with Crippen molar-refractivity contribution in [3.05, 3.63) is 63.5 Å². The highest BCUT2D eigenvalue weighted by Crippen LogP contribution is 2.27. The summed E-state index contributed by atoms with van der Waals surface area (Å²) in [7, 11) is 0. The molecular weight excluding hydrogens is 328 g/mol. The Morgan fingerprint density at radius 3 is 3.21 bits per heavy atom. The van der Waals surface area contributed by atoms with Gasteiger partial charge in [-0.05, 0) is 18.1 Å². The van der Waals surface area contributed by atoms with Crippen molar-refractivity contribution in [1.82, 2.24) is 9.38 Å². The molecule has 3 heterocycles. The number of ether oxygens (including phenoxy) is 2. The van der Waals surface area contributed by atoms with Crippen LogP contribution < -0.4 is 10.3 Å². The van der Waals surface area contributed by atoms with Crippen molar-refractivity contribution >= 4 is 22.3 Å². The predicted molar refractivity (Wildman–Crippen MR) is 88.3 cm³/mol. The van der Waals surface area contributed by atoms with E-state index in [1.807, 2.05) is 24.3 Å². The van der Waals surface area contributed by atoms with E-state index in [1.165, 1.54) is 21.8 Å². The van der Waals surface area contributed by atoms with Crippen LogP contribution >= 0.6 is 11.3 Å². The van der Waals surface area contributed by atoms with E-state index in [2.05, 4.69) is 4.98 Å². The lowest BCUT2D eigenvalue weighted by Gasteiger charge is -2.23. The molecule has 1 aromatic carbocycles. The summed E-state index contributed by atoms with van der Waals surface area (Å²) in [6, 6.07) is 9.05. The standard InChI is InChI=1S/C17H14N2O4S/c20-15-8-13(18-17-19(15)5-6-24-17)10-23-16(21)12-7-11-3-1-2-4-14(11)22-9-12/h1-6,8,12H,7,9-10H2/t12-/m1/s1. The molecule has 0 radical (unpaired) electrons. The zero-order valence-corrected chi connectivity index (χ0v) is 13.5. The van der Waals surface area contributed by atoms with Crippen molar-refractivity contribution < 1.29 is 14.3 Å². The number of hydrogen-bond acceptors (Lipinski definition) is 6. The molecular formula is C17H14N2O4S. The number of esters is 1. The van der Waals surface area contributed by atoms with Crippen LogP contribution in [0.1, 0.15) is 11.3 Å². The average molecular weight is 342 g/mol. The summed E-state index contributed by atoms with van der Waals surface area (Å²) in [5, 5.41) is 1.79. The minimum atomic E-state index is -0.341. The molecule has 0 spiro atoms. The lowest BCUT2D eigenvalue weighted by Crippen LogP contribution is -2.29. The first-order valence-electron chi connectivity index (χ1n) is 7.54. The minimum absolute atomic E-state index is 0.0133. The zero-order valence-electron chi connectivity index (χ0n) is 12.7. The van der Waals surface area contributed by atoms with Crippen LogP contribution in [-0.2, 0) is 22.6 Å². The molecule has 3 aromatic rings. The molecule has 1 aliphatic rings. The number of para-hydroxylation sites is 1. The third kappa shape index (κ3) is 2.78. The summed E-state index contributed by atoms with van der Waals surface area (Å²) in [6.07, 6.45) is 2.26. The smallest absolute Gasteiger partial charge is 0.313 e. The number of nitrogens with zero attached hydrogens (tertiary/aromatic N) is 2. The molecule has 0 unspecified atom stereocenters. The van der Waals surface area contributed by atoms with Crippen LogP contribution in [-0.4, -0.2) is 22.0 Å². The molecule has 1 atom stereocenters. The van der Waals surface area contributed by atoms with E-state index in [-0.39, 0.29) is 24.1 Å². The number of hydrogen-bond donors (Lipinski definition) is 0. The van der Waals surface area contributed by atoms with E-state index in [1.54, 1.807) is 11.6 Å². The highest BCUT2D eigenvalue weighted by atomic mass is 32.1. The fraction of sp³-hybridized carbons (Fsp3) is 0.235. The molecule has 122 valence electrons. The number of carbonyl (C=O) groups excluding carboxylic acids is 1. The molecule has 0 fully saturated rings. The van der Waals surface area contributed by atoms with Gasteiger partial charge in [0.05, 0.1) is 11.6 Å². The maximum atomic E-state index is 12.3. The second kappa shape index (κ2) is 6.09. The summed E-state index contributed by atoms with van der Waals surface area (Å²) >= 11 is 1.36. The zero-order chi connectivity index (χ0) is 16.5. The lowest BCUT2D eigenvalue weighted by molar-refractivity contribution is -0.151. The van der Waals surface area contributed by atoms with E-state index in [0.717, 1.165) is 11.3 Å². The Bertz CT molecular complexity index is 962. The van der Waals surface area contributed by atoms with Gasteiger partial charge in [-0.2, -0.15) is 0 Å². The van der Waals surface area contributed by atoms with Crippen molar-refractivity contribution in [2.75, 3.05) is 6.61 Å². The van der Waals surface area contributed by atoms with Gasteiger partial charge in [0, 0.05) is 17.6 Å². The number of aromatic nitrogens is 2. The molecule has 0 aliphatic carbocycles. The van der Waals surface area contributed by atoms with Gasteiger partial charge in [-0.25, -0.2) is 4.98 Å². The second-order valence-corrected chi connectivity index (χ2v) is 6.44. The first-order valence-corrected chi connectivity index (χ1v) is 8.42. The Labute approximate surface area is 141 Å². The van der Waals surface area contributed by atoms with Crippen LogP contribution in [0.5, 0.6) is 5.75 Å². The molecule has 0 amide bonds. The molecule has 24 heavy (non-hydrogen) atoms. The van der Waals surface area contributed by atoms with E-state index >= 15 is 0 Å². The van der Waals surface area contributed by atoms with Crippen molar-refractivity contribution in [2.45, 2.75) is 13.0 Å². The lowest BCUT2D eigenvalue weighted by atomic mass is 9.97. The molecule has 6 nitrogen and oxygen atoms in total. The van der Waals surface area contributed by atoms with Gasteiger partial charge in [-0.1, -0.05) is 18.2 Å². The van der Waals surface area contributed by atoms with Gasteiger partial charge in [0.2, 0.25) is 0 Å². The van der Waals surface area contributed by atoms with Crippen molar-refractivity contribution in [3.63, 3.8) is 0 Å². The van der Waals surface area contributed by atoms with Gasteiger partial charge < -0.3 is 9.47 Å². The quantitative estimate of drug-likeness (QED) is 0.682. The summed E-state index contributed by atoms with van der Waals surface area (Å²) in [6.45, 7) is 0.288. The molecule has 4 rings (SSSR count). The first kappa shape index (κ1) is 14.9. The van der Waals surface area contributed by atoms with E-state index < -0.39 is 0 Å². The Kier molecular flexibility index (Phi) is 3.78. The number of rotatable bonds is 3. The van der Waals surface area contributed by atoms with Gasteiger partial charge in [0.15, 0.2) is 4.96 Å². The highest BCUT2D eigenvalue weighted by Gasteiger charge is 2.27. The molecule has 1 aliphatic heterocycles. The van der Waals surface area contributed by atoms with Crippen LogP contribution in [0.3, 0.4) is 0 Å². The maximum Gasteiger partial charge on any atom is 0.313 e. The molecule has 2 aromatic heterocycles. The van der Waals surface area contributed by atoms with Gasteiger partial charge in [-0.3, -0.25) is 14.0 Å². The van der Waals surface area contributed by atoms with E-state index in [9.17, 15) is 9.59 Å². The van der Waals surface area contributed by atoms with Crippen LogP contribution in [0.15, 0.2) is 46.7 Å². The van der Waals surface area contributed by atoms with Crippen LogP contribution in [0.4, 0.5) is 0 Å². The number of benzene rings is 1. The Morgan fingerprint density at radius 2 is 2.29 bits per heavy atom. The third-order valence-electron chi connectivity index (χ3n) is 3.93. The van der Waals surface area contributed by atoms with Gasteiger partial charge in [-0.15, -0.1) is 11.3 Å². The van der Waals surface area contributed by atoms with Crippen molar-refractivity contribution in [2.24, 2.45) is 5.92 Å². The second-order valence-electron chi connectivity index (χ2n) is 5.57. The van der Waals surface area contributed by atoms with Crippen LogP contribution in [0, 0.1) is 5.92 Å². The Balaban J connectivity index is 1.44. The van der Waals surface area contributed by atoms with Gasteiger partial charge in [0.1, 0.15) is 19.0 Å². The number of carbonyl (C=O) groups is 1. The fourth-order valence-electron chi connectivity index (χ4n) is 2.70. The summed E-state index contributed by atoms with van der Waals surface area (Å²) < 4.78 is 12.4. The average Bonchev–Trinajstić information content (AvgIpc) is 3.08. The normalized spacial score (nSPS) is 16.4. The first-order chi connectivity index (χ1) is 11.7. The molecule has 0 saturated carbocycles. The maximum absolute atomic E-state index is 12.3. The third-order valence-corrected chi connectivity index (χ3v) is 4.69. The topological polar surface area (TPSA) is 69.9 Å².